The fourth-order valence-electron chi connectivity index (χ4n) is 8.16. The van der Waals surface area contributed by atoms with E-state index in [1.807, 2.05) is 6.92 Å². The number of fused-ring (bicyclic) bond motifs is 5. The lowest BCUT2D eigenvalue weighted by atomic mass is 9.46. The lowest BCUT2D eigenvalue weighted by Crippen LogP contribution is -2.53. The average molecular weight is 371 g/mol. The van der Waals surface area contributed by atoms with Gasteiger partial charge in [0.1, 0.15) is 0 Å². The van der Waals surface area contributed by atoms with Crippen molar-refractivity contribution in [3.8, 4) is 12.3 Å². The molecule has 0 aromatic carbocycles. The van der Waals surface area contributed by atoms with Crippen LogP contribution in [0.3, 0.4) is 0 Å². The van der Waals surface area contributed by atoms with Gasteiger partial charge >= 0.3 is 0 Å². The number of aliphatic hydroxyl groups is 2. The fourth-order valence-corrected chi connectivity index (χ4v) is 8.16. The summed E-state index contributed by atoms with van der Waals surface area (Å²) in [6, 6.07) is 0. The van der Waals surface area contributed by atoms with Gasteiger partial charge in [-0.3, -0.25) is 0 Å². The lowest BCUT2D eigenvalue weighted by Gasteiger charge is -2.59. The summed E-state index contributed by atoms with van der Waals surface area (Å²) in [7, 11) is 0. The zero-order chi connectivity index (χ0) is 19.4. The third-order valence-electron chi connectivity index (χ3n) is 9.60. The monoisotopic (exact) mass is 370 g/mol. The SMILES string of the molecule is C#CCC[C@](C)(O)C1CCC2C3CC=C4C[C@@H](O)CC[C@]4(C)C3CC[C@@]21C. The minimum Gasteiger partial charge on any atom is -0.393 e. The van der Waals surface area contributed by atoms with E-state index in [0.29, 0.717) is 17.8 Å². The van der Waals surface area contributed by atoms with Crippen LogP contribution in [0.2, 0.25) is 0 Å². The molecule has 2 nitrogen and oxygen atoms in total. The first-order valence-corrected chi connectivity index (χ1v) is 11.3. The molecule has 3 saturated carbocycles. The second-order valence-corrected chi connectivity index (χ2v) is 10.9. The smallest absolute Gasteiger partial charge is 0.0662 e. The van der Waals surface area contributed by atoms with E-state index in [0.717, 1.165) is 49.9 Å². The number of terminal acetylenes is 1. The second-order valence-electron chi connectivity index (χ2n) is 10.9. The van der Waals surface area contributed by atoms with Gasteiger partial charge in [0.15, 0.2) is 0 Å². The van der Waals surface area contributed by atoms with Gasteiger partial charge < -0.3 is 10.2 Å². The van der Waals surface area contributed by atoms with E-state index >= 15 is 0 Å². The highest BCUT2D eigenvalue weighted by molar-refractivity contribution is 5.25. The second kappa shape index (κ2) is 6.64. The van der Waals surface area contributed by atoms with Gasteiger partial charge in [-0.15, -0.1) is 12.3 Å². The van der Waals surface area contributed by atoms with Gasteiger partial charge in [0.25, 0.3) is 0 Å². The van der Waals surface area contributed by atoms with E-state index in [9.17, 15) is 10.2 Å². The van der Waals surface area contributed by atoms with Gasteiger partial charge in [-0.2, -0.15) is 0 Å². The molecule has 8 atom stereocenters. The van der Waals surface area contributed by atoms with Crippen LogP contribution in [-0.4, -0.2) is 21.9 Å². The number of aliphatic hydroxyl groups excluding tert-OH is 1. The summed E-state index contributed by atoms with van der Waals surface area (Å²) in [6.45, 7) is 7.00. The summed E-state index contributed by atoms with van der Waals surface area (Å²) in [5, 5.41) is 21.4. The first-order valence-electron chi connectivity index (χ1n) is 11.3. The molecule has 4 rings (SSSR count). The molecule has 2 heteroatoms. The number of rotatable bonds is 3. The van der Waals surface area contributed by atoms with Crippen molar-refractivity contribution >= 4 is 0 Å². The summed E-state index contributed by atoms with van der Waals surface area (Å²) in [6.07, 6.45) is 18.4. The molecule has 0 heterocycles. The Morgan fingerprint density at radius 3 is 2.70 bits per heavy atom. The first kappa shape index (κ1) is 19.5. The molecule has 150 valence electrons. The van der Waals surface area contributed by atoms with E-state index in [2.05, 4.69) is 25.8 Å². The van der Waals surface area contributed by atoms with Crippen LogP contribution in [0.25, 0.3) is 0 Å². The van der Waals surface area contributed by atoms with Crippen LogP contribution in [0.5, 0.6) is 0 Å². The largest absolute Gasteiger partial charge is 0.393 e. The maximum atomic E-state index is 11.3. The lowest BCUT2D eigenvalue weighted by molar-refractivity contribution is -0.104. The summed E-state index contributed by atoms with van der Waals surface area (Å²) < 4.78 is 0. The van der Waals surface area contributed by atoms with Crippen molar-refractivity contribution in [2.75, 3.05) is 0 Å². The van der Waals surface area contributed by atoms with Crippen molar-refractivity contribution in [1.29, 1.82) is 0 Å². The van der Waals surface area contributed by atoms with Crippen molar-refractivity contribution in [2.24, 2.45) is 34.5 Å². The molecular formula is C25H38O2. The molecule has 0 bridgehead atoms. The molecule has 0 aromatic rings. The predicted octanol–water partition coefficient (Wildman–Crippen LogP) is 5.09. The Hall–Kier alpha value is -0.780. The molecule has 4 unspecified atom stereocenters. The molecule has 3 fully saturated rings. The first-order chi connectivity index (χ1) is 12.7. The highest BCUT2D eigenvalue weighted by atomic mass is 16.3. The average Bonchev–Trinajstić information content (AvgIpc) is 2.99. The van der Waals surface area contributed by atoms with Gasteiger partial charge in [-0.1, -0.05) is 25.5 Å². The van der Waals surface area contributed by atoms with E-state index in [4.69, 9.17) is 6.42 Å². The number of hydrogen-bond acceptors (Lipinski definition) is 2. The van der Waals surface area contributed by atoms with Gasteiger partial charge in [-0.25, -0.2) is 0 Å². The Morgan fingerprint density at radius 2 is 1.96 bits per heavy atom. The molecule has 27 heavy (non-hydrogen) atoms. The molecule has 4 aliphatic carbocycles. The predicted molar refractivity (Wildman–Crippen MR) is 110 cm³/mol. The van der Waals surface area contributed by atoms with Crippen LogP contribution in [0.4, 0.5) is 0 Å². The Kier molecular flexibility index (Phi) is 4.80. The Labute approximate surface area is 165 Å². The molecular weight excluding hydrogens is 332 g/mol. The topological polar surface area (TPSA) is 40.5 Å². The Morgan fingerprint density at radius 1 is 1.19 bits per heavy atom. The van der Waals surface area contributed by atoms with E-state index in [1.54, 1.807) is 5.57 Å². The van der Waals surface area contributed by atoms with Crippen LogP contribution >= 0.6 is 0 Å². The summed E-state index contributed by atoms with van der Waals surface area (Å²) in [4.78, 5) is 0. The highest BCUT2D eigenvalue weighted by Crippen LogP contribution is 2.67. The van der Waals surface area contributed by atoms with E-state index < -0.39 is 5.60 Å². The third-order valence-corrected chi connectivity index (χ3v) is 9.60. The maximum absolute atomic E-state index is 11.3. The number of allylic oxidation sites excluding steroid dienone is 1. The molecule has 4 aliphatic rings. The molecule has 0 spiro atoms. The molecule has 0 aromatic heterocycles. The van der Waals surface area contributed by atoms with Crippen LogP contribution in [0.1, 0.15) is 85.0 Å². The molecule has 0 aliphatic heterocycles. The highest BCUT2D eigenvalue weighted by Gasteiger charge is 2.61. The number of hydrogen-bond donors (Lipinski definition) is 2. The van der Waals surface area contributed by atoms with Crippen molar-refractivity contribution in [1.82, 2.24) is 0 Å². The minimum atomic E-state index is -0.642. The van der Waals surface area contributed by atoms with E-state index in [-0.39, 0.29) is 11.5 Å². The van der Waals surface area contributed by atoms with Crippen LogP contribution in [0, 0.1) is 46.8 Å². The summed E-state index contributed by atoms with van der Waals surface area (Å²) >= 11 is 0. The normalized spacial score (nSPS) is 48.4. The van der Waals surface area contributed by atoms with Crippen molar-refractivity contribution in [3.05, 3.63) is 11.6 Å². The molecule has 0 radical (unpaired) electrons. The van der Waals surface area contributed by atoms with Gasteiger partial charge in [-0.05, 0) is 99.2 Å². The van der Waals surface area contributed by atoms with Gasteiger partial charge in [0.05, 0.1) is 11.7 Å². The van der Waals surface area contributed by atoms with Crippen LogP contribution in [-0.2, 0) is 0 Å². The minimum absolute atomic E-state index is 0.128. The fraction of sp³-hybridized carbons (Fsp3) is 0.840. The Bertz CT molecular complexity index is 656. The maximum Gasteiger partial charge on any atom is 0.0662 e. The summed E-state index contributed by atoms with van der Waals surface area (Å²) in [5.74, 6) is 5.33. The third kappa shape index (κ3) is 2.92. The van der Waals surface area contributed by atoms with Gasteiger partial charge in [0.2, 0.25) is 0 Å². The zero-order valence-corrected chi connectivity index (χ0v) is 17.5. The molecule has 0 saturated heterocycles. The molecule has 2 N–H and O–H groups in total. The quantitative estimate of drug-likeness (QED) is 0.536. The van der Waals surface area contributed by atoms with Crippen molar-refractivity contribution in [2.45, 2.75) is 96.7 Å². The zero-order valence-electron chi connectivity index (χ0n) is 17.5. The van der Waals surface area contributed by atoms with Gasteiger partial charge in [0, 0.05) is 6.42 Å². The van der Waals surface area contributed by atoms with Crippen molar-refractivity contribution < 1.29 is 10.2 Å². The standard InChI is InChI=1S/C25H38O2/c1-5-6-13-25(4,27)22-10-9-20-19-8-7-17-16-18(26)11-14-23(17,2)21(19)12-15-24(20,22)3/h1,7,18-22,26-27H,6,8-16H2,2-4H3/t18-,19?,20?,21?,22?,23-,24-,25-/m0/s1. The molecule has 0 amide bonds. The summed E-state index contributed by atoms with van der Waals surface area (Å²) in [5.41, 5.74) is 1.45. The van der Waals surface area contributed by atoms with Crippen molar-refractivity contribution in [3.63, 3.8) is 0 Å². The van der Waals surface area contributed by atoms with Crippen LogP contribution in [0.15, 0.2) is 11.6 Å². The Balaban J connectivity index is 1.60. The van der Waals surface area contributed by atoms with E-state index in [1.165, 1.54) is 25.7 Å². The van der Waals surface area contributed by atoms with Crippen LogP contribution < -0.4 is 0 Å².